The molecule has 1 fully saturated rings. The van der Waals surface area contributed by atoms with Gasteiger partial charge in [0.15, 0.2) is 0 Å². The minimum absolute atomic E-state index is 0.00656. The first-order valence-electron chi connectivity index (χ1n) is 9.38. The first-order valence-corrected chi connectivity index (χ1v) is 10.8. The molecule has 1 aromatic carbocycles. The number of carbonyl (C=O) groups is 1. The fraction of sp³-hybridized carbons (Fsp3) is 0.526. The predicted molar refractivity (Wildman–Crippen MR) is 106 cm³/mol. The third kappa shape index (κ3) is 4.82. The van der Waals surface area contributed by atoms with Gasteiger partial charge in [-0.05, 0) is 38.1 Å². The number of morpholine rings is 1. The van der Waals surface area contributed by atoms with Crippen molar-refractivity contribution in [1.82, 2.24) is 14.5 Å². The molecule has 0 radical (unpaired) electrons. The van der Waals surface area contributed by atoms with Crippen molar-refractivity contribution in [3.8, 4) is 0 Å². The van der Waals surface area contributed by atoms with Crippen LogP contribution in [0.3, 0.4) is 0 Å². The molecule has 1 aliphatic heterocycles. The van der Waals surface area contributed by atoms with E-state index in [2.05, 4.69) is 15.5 Å². The van der Waals surface area contributed by atoms with Crippen LogP contribution in [0.25, 0.3) is 0 Å². The molecule has 1 amide bonds. The van der Waals surface area contributed by atoms with Crippen LogP contribution in [-0.2, 0) is 20.2 Å². The Morgan fingerprint density at radius 1 is 1.10 bits per heavy atom. The van der Waals surface area contributed by atoms with E-state index in [1.807, 2.05) is 34.6 Å². The summed E-state index contributed by atoms with van der Waals surface area (Å²) in [6.45, 7) is 10.0. The third-order valence-electron chi connectivity index (χ3n) is 4.43. The molecule has 0 saturated carbocycles. The third-order valence-corrected chi connectivity index (χ3v) is 6.27. The van der Waals surface area contributed by atoms with Crippen LogP contribution in [0.1, 0.15) is 50.9 Å². The molecule has 1 N–H and O–H groups in total. The van der Waals surface area contributed by atoms with Crippen LogP contribution in [0.2, 0.25) is 0 Å². The molecular weight excluding hydrogens is 396 g/mol. The highest BCUT2D eigenvalue weighted by Crippen LogP contribution is 2.23. The van der Waals surface area contributed by atoms with E-state index in [4.69, 9.17) is 9.15 Å². The number of hydrogen-bond acceptors (Lipinski definition) is 7. The molecule has 2 atom stereocenters. The number of anilines is 1. The van der Waals surface area contributed by atoms with Crippen LogP contribution >= 0.6 is 0 Å². The summed E-state index contributed by atoms with van der Waals surface area (Å²) >= 11 is 0. The average Bonchev–Trinajstić information content (AvgIpc) is 3.10. The number of sulfonamides is 1. The van der Waals surface area contributed by atoms with Crippen molar-refractivity contribution in [3.05, 3.63) is 35.7 Å². The maximum Gasteiger partial charge on any atom is 0.322 e. The fourth-order valence-corrected chi connectivity index (χ4v) is 4.59. The van der Waals surface area contributed by atoms with Gasteiger partial charge in [0.05, 0.1) is 17.1 Å². The van der Waals surface area contributed by atoms with Crippen LogP contribution in [0.5, 0.6) is 0 Å². The van der Waals surface area contributed by atoms with E-state index in [0.717, 1.165) is 0 Å². The van der Waals surface area contributed by atoms with Gasteiger partial charge in [-0.2, -0.15) is 4.31 Å². The van der Waals surface area contributed by atoms with Crippen molar-refractivity contribution in [3.63, 3.8) is 0 Å². The first-order chi connectivity index (χ1) is 13.5. The van der Waals surface area contributed by atoms with Gasteiger partial charge in [0, 0.05) is 24.1 Å². The Kier molecular flexibility index (Phi) is 5.79. The Balaban J connectivity index is 1.72. The monoisotopic (exact) mass is 422 g/mol. The second kappa shape index (κ2) is 7.85. The predicted octanol–water partition coefficient (Wildman–Crippen LogP) is 2.42. The normalized spacial score (nSPS) is 21.1. The minimum Gasteiger partial charge on any atom is -0.407 e. The summed E-state index contributed by atoms with van der Waals surface area (Å²) < 4.78 is 38.2. The van der Waals surface area contributed by atoms with E-state index in [1.165, 1.54) is 28.6 Å². The van der Waals surface area contributed by atoms with Crippen molar-refractivity contribution in [2.75, 3.05) is 18.4 Å². The van der Waals surface area contributed by atoms with Gasteiger partial charge in [-0.15, -0.1) is 5.10 Å². The van der Waals surface area contributed by atoms with Crippen molar-refractivity contribution < 1.29 is 22.4 Å². The number of hydrogen-bond donors (Lipinski definition) is 1. The van der Waals surface area contributed by atoms with Crippen LogP contribution in [-0.4, -0.2) is 54.1 Å². The average molecular weight is 423 g/mol. The number of rotatable bonds is 4. The molecule has 10 heteroatoms. The van der Waals surface area contributed by atoms with E-state index in [1.54, 1.807) is 0 Å². The Labute approximate surface area is 170 Å². The van der Waals surface area contributed by atoms with Crippen molar-refractivity contribution in [2.45, 2.75) is 57.1 Å². The molecule has 29 heavy (non-hydrogen) atoms. The van der Waals surface area contributed by atoms with Gasteiger partial charge in [0.1, 0.15) is 0 Å². The van der Waals surface area contributed by atoms with Gasteiger partial charge in [0.2, 0.25) is 15.9 Å². The first kappa shape index (κ1) is 21.4. The molecule has 0 aliphatic carbocycles. The van der Waals surface area contributed by atoms with E-state index >= 15 is 0 Å². The smallest absolute Gasteiger partial charge is 0.322 e. The highest BCUT2D eigenvalue weighted by Gasteiger charge is 2.32. The van der Waals surface area contributed by atoms with Crippen LogP contribution in [0, 0.1) is 0 Å². The molecule has 0 bridgehead atoms. The SMILES string of the molecule is C[C@@H]1CN(S(=O)(=O)c2ccc(C(=O)Nc3nnc(C(C)(C)C)o3)cc2)C[C@@H](C)O1. The van der Waals surface area contributed by atoms with Gasteiger partial charge in [-0.3, -0.25) is 10.1 Å². The number of nitrogens with zero attached hydrogens (tertiary/aromatic N) is 3. The molecule has 1 aromatic heterocycles. The lowest BCUT2D eigenvalue weighted by Crippen LogP contribution is -2.48. The summed E-state index contributed by atoms with van der Waals surface area (Å²) in [7, 11) is -3.66. The summed E-state index contributed by atoms with van der Waals surface area (Å²) in [6.07, 6.45) is -0.350. The Morgan fingerprint density at radius 3 is 2.21 bits per heavy atom. The number of benzene rings is 1. The van der Waals surface area contributed by atoms with E-state index < -0.39 is 15.9 Å². The quantitative estimate of drug-likeness (QED) is 0.804. The summed E-state index contributed by atoms with van der Waals surface area (Å²) in [5.74, 6) is -0.0603. The zero-order chi connectivity index (χ0) is 21.4. The molecular formula is C19H26N4O5S. The maximum absolute atomic E-state index is 12.9. The molecule has 158 valence electrons. The van der Waals surface area contributed by atoms with E-state index in [9.17, 15) is 13.2 Å². The summed E-state index contributed by atoms with van der Waals surface area (Å²) in [6, 6.07) is 5.74. The zero-order valence-electron chi connectivity index (χ0n) is 17.2. The van der Waals surface area contributed by atoms with Gasteiger partial charge in [-0.25, -0.2) is 8.42 Å². The standard InChI is InChI=1S/C19H26N4O5S/c1-12-10-23(11-13(2)27-12)29(25,26)15-8-6-14(7-9-15)16(24)20-18-22-21-17(28-18)19(3,4)5/h6-9,12-13H,10-11H2,1-5H3,(H,20,22,24)/t12-,13-/m1/s1. The van der Waals surface area contributed by atoms with Gasteiger partial charge in [0.25, 0.3) is 5.91 Å². The summed E-state index contributed by atoms with van der Waals surface area (Å²) in [5.41, 5.74) is -0.0522. The van der Waals surface area contributed by atoms with Crippen LogP contribution in [0.4, 0.5) is 6.01 Å². The summed E-state index contributed by atoms with van der Waals surface area (Å²) in [4.78, 5) is 12.5. The van der Waals surface area contributed by atoms with E-state index in [0.29, 0.717) is 19.0 Å². The van der Waals surface area contributed by atoms with Crippen molar-refractivity contribution in [1.29, 1.82) is 0 Å². The molecule has 9 nitrogen and oxygen atoms in total. The molecule has 2 heterocycles. The lowest BCUT2D eigenvalue weighted by atomic mass is 9.97. The van der Waals surface area contributed by atoms with Gasteiger partial charge < -0.3 is 9.15 Å². The largest absolute Gasteiger partial charge is 0.407 e. The highest BCUT2D eigenvalue weighted by atomic mass is 32.2. The molecule has 1 saturated heterocycles. The second-order valence-corrected chi connectivity index (χ2v) is 10.2. The second-order valence-electron chi connectivity index (χ2n) is 8.22. The number of carbonyl (C=O) groups excluding carboxylic acids is 1. The Hall–Kier alpha value is -2.30. The molecule has 1 aliphatic rings. The number of aromatic nitrogens is 2. The number of nitrogens with one attached hydrogen (secondary N) is 1. The topological polar surface area (TPSA) is 115 Å². The maximum atomic E-state index is 12.9. The molecule has 0 unspecified atom stereocenters. The Bertz CT molecular complexity index is 969. The summed E-state index contributed by atoms with van der Waals surface area (Å²) in [5, 5.41) is 10.3. The van der Waals surface area contributed by atoms with Crippen LogP contribution < -0.4 is 5.32 Å². The fourth-order valence-electron chi connectivity index (χ4n) is 3.00. The molecule has 2 aromatic rings. The van der Waals surface area contributed by atoms with Gasteiger partial charge >= 0.3 is 6.01 Å². The Morgan fingerprint density at radius 2 is 1.69 bits per heavy atom. The molecule has 3 rings (SSSR count). The highest BCUT2D eigenvalue weighted by molar-refractivity contribution is 7.89. The van der Waals surface area contributed by atoms with Gasteiger partial charge in [-0.1, -0.05) is 25.9 Å². The lowest BCUT2D eigenvalue weighted by molar-refractivity contribution is -0.0440. The number of ether oxygens (including phenoxy) is 1. The zero-order valence-corrected chi connectivity index (χ0v) is 18.0. The van der Waals surface area contributed by atoms with E-state index in [-0.39, 0.29) is 34.1 Å². The number of amides is 1. The molecule has 0 spiro atoms. The minimum atomic E-state index is -3.66. The van der Waals surface area contributed by atoms with Crippen LogP contribution in [0.15, 0.2) is 33.6 Å². The van der Waals surface area contributed by atoms with Crippen molar-refractivity contribution in [2.24, 2.45) is 0 Å². The van der Waals surface area contributed by atoms with Crippen molar-refractivity contribution >= 4 is 21.9 Å². The lowest BCUT2D eigenvalue weighted by Gasteiger charge is -2.34.